The molecule has 2 aromatic carbocycles. The third-order valence-electron chi connectivity index (χ3n) is 4.42. The zero-order valence-corrected chi connectivity index (χ0v) is 12.8. The van der Waals surface area contributed by atoms with Crippen LogP contribution in [-0.2, 0) is 10.2 Å². The molecule has 0 fully saturated rings. The first-order chi connectivity index (χ1) is 10.5. The summed E-state index contributed by atoms with van der Waals surface area (Å²) in [6.07, 6.45) is 0. The topological polar surface area (TPSA) is 38.3 Å². The molecule has 1 amide bonds. The SMILES string of the molecule is COc1ccc2c(c1)C(c1ccc(F)cc1)(C(C)C)C(=O)N2. The van der Waals surface area contributed by atoms with Crippen molar-refractivity contribution in [3.05, 3.63) is 59.4 Å². The molecule has 114 valence electrons. The fourth-order valence-electron chi connectivity index (χ4n) is 3.33. The summed E-state index contributed by atoms with van der Waals surface area (Å²) in [5.74, 6) is 0.304. The van der Waals surface area contributed by atoms with Gasteiger partial charge in [0.25, 0.3) is 0 Å². The van der Waals surface area contributed by atoms with Crippen LogP contribution in [-0.4, -0.2) is 13.0 Å². The maximum absolute atomic E-state index is 13.3. The molecule has 0 radical (unpaired) electrons. The zero-order valence-electron chi connectivity index (χ0n) is 12.8. The molecule has 0 aliphatic carbocycles. The highest BCUT2D eigenvalue weighted by molar-refractivity contribution is 6.09. The second-order valence-corrected chi connectivity index (χ2v) is 5.84. The Bertz CT molecular complexity index is 724. The van der Waals surface area contributed by atoms with Gasteiger partial charge in [-0.1, -0.05) is 26.0 Å². The monoisotopic (exact) mass is 299 g/mol. The highest BCUT2D eigenvalue weighted by atomic mass is 19.1. The van der Waals surface area contributed by atoms with Crippen LogP contribution in [0.3, 0.4) is 0 Å². The number of benzene rings is 2. The molecule has 1 aliphatic heterocycles. The van der Waals surface area contributed by atoms with Crippen molar-refractivity contribution in [2.75, 3.05) is 12.4 Å². The van der Waals surface area contributed by atoms with Crippen molar-refractivity contribution >= 4 is 11.6 Å². The predicted octanol–water partition coefficient (Wildman–Crippen LogP) is 3.73. The van der Waals surface area contributed by atoms with Gasteiger partial charge in [-0.25, -0.2) is 4.39 Å². The van der Waals surface area contributed by atoms with Crippen LogP contribution in [0.2, 0.25) is 0 Å². The van der Waals surface area contributed by atoms with Gasteiger partial charge in [0.2, 0.25) is 5.91 Å². The van der Waals surface area contributed by atoms with Gasteiger partial charge in [0.05, 0.1) is 7.11 Å². The molecule has 4 heteroatoms. The van der Waals surface area contributed by atoms with Crippen LogP contribution in [0.15, 0.2) is 42.5 Å². The molecular weight excluding hydrogens is 281 g/mol. The molecule has 2 aromatic rings. The van der Waals surface area contributed by atoms with E-state index in [1.807, 2.05) is 32.0 Å². The van der Waals surface area contributed by atoms with Crippen molar-refractivity contribution in [3.8, 4) is 5.75 Å². The lowest BCUT2D eigenvalue weighted by Crippen LogP contribution is -2.40. The van der Waals surface area contributed by atoms with Crippen LogP contribution in [0.1, 0.15) is 25.0 Å². The Morgan fingerprint density at radius 1 is 1.14 bits per heavy atom. The molecule has 22 heavy (non-hydrogen) atoms. The van der Waals surface area contributed by atoms with E-state index in [4.69, 9.17) is 4.74 Å². The summed E-state index contributed by atoms with van der Waals surface area (Å²) in [5, 5.41) is 2.95. The van der Waals surface area contributed by atoms with Gasteiger partial charge in [0.1, 0.15) is 17.0 Å². The average Bonchev–Trinajstić information content (AvgIpc) is 2.80. The lowest BCUT2D eigenvalue weighted by atomic mass is 9.67. The molecule has 0 spiro atoms. The molecular formula is C18H18FNO2. The zero-order chi connectivity index (χ0) is 15.9. The van der Waals surface area contributed by atoms with Gasteiger partial charge in [-0.05, 0) is 47.4 Å². The van der Waals surface area contributed by atoms with E-state index in [0.29, 0.717) is 5.75 Å². The van der Waals surface area contributed by atoms with Crippen molar-refractivity contribution in [1.29, 1.82) is 0 Å². The Balaban J connectivity index is 2.28. The van der Waals surface area contributed by atoms with Crippen LogP contribution >= 0.6 is 0 Å². The standard InChI is InChI=1S/C18H18FNO2/c1-11(2)18(12-4-6-13(19)7-5-12)15-10-14(22-3)8-9-16(15)20-17(18)21/h4-11H,1-3H3,(H,20,21). The molecule has 1 N–H and O–H groups in total. The maximum atomic E-state index is 13.3. The molecule has 1 aliphatic rings. The summed E-state index contributed by atoms with van der Waals surface area (Å²) >= 11 is 0. The molecule has 3 rings (SSSR count). The number of fused-ring (bicyclic) bond motifs is 1. The Hall–Kier alpha value is -2.36. The van der Waals surface area contributed by atoms with Gasteiger partial charge in [-0.3, -0.25) is 4.79 Å². The van der Waals surface area contributed by atoms with Crippen molar-refractivity contribution in [2.24, 2.45) is 5.92 Å². The number of hydrogen-bond acceptors (Lipinski definition) is 2. The first-order valence-corrected chi connectivity index (χ1v) is 7.26. The van der Waals surface area contributed by atoms with Crippen molar-refractivity contribution in [3.63, 3.8) is 0 Å². The van der Waals surface area contributed by atoms with E-state index in [1.54, 1.807) is 19.2 Å². The van der Waals surface area contributed by atoms with E-state index in [2.05, 4.69) is 5.32 Å². The normalized spacial score (nSPS) is 20.0. The molecule has 1 atom stereocenters. The van der Waals surface area contributed by atoms with Crippen LogP contribution in [0, 0.1) is 11.7 Å². The fraction of sp³-hybridized carbons (Fsp3) is 0.278. The van der Waals surface area contributed by atoms with Crippen molar-refractivity contribution in [1.82, 2.24) is 0 Å². The number of nitrogens with one attached hydrogen (secondary N) is 1. The van der Waals surface area contributed by atoms with Crippen molar-refractivity contribution in [2.45, 2.75) is 19.3 Å². The van der Waals surface area contributed by atoms with Gasteiger partial charge in [-0.2, -0.15) is 0 Å². The molecule has 0 aromatic heterocycles. The Morgan fingerprint density at radius 3 is 2.41 bits per heavy atom. The minimum absolute atomic E-state index is 0.00585. The van der Waals surface area contributed by atoms with Gasteiger partial charge < -0.3 is 10.1 Å². The molecule has 0 bridgehead atoms. The maximum Gasteiger partial charge on any atom is 0.239 e. The number of ether oxygens (including phenoxy) is 1. The highest BCUT2D eigenvalue weighted by Crippen LogP contribution is 2.48. The first-order valence-electron chi connectivity index (χ1n) is 7.26. The summed E-state index contributed by atoms with van der Waals surface area (Å²) in [4.78, 5) is 12.8. The fourth-order valence-corrected chi connectivity index (χ4v) is 3.33. The number of hydrogen-bond donors (Lipinski definition) is 1. The number of carbonyl (C=O) groups excluding carboxylic acids is 1. The van der Waals surface area contributed by atoms with E-state index in [9.17, 15) is 9.18 Å². The highest BCUT2D eigenvalue weighted by Gasteiger charge is 2.50. The van der Waals surface area contributed by atoms with E-state index < -0.39 is 5.41 Å². The lowest BCUT2D eigenvalue weighted by molar-refractivity contribution is -0.120. The van der Waals surface area contributed by atoms with Crippen molar-refractivity contribution < 1.29 is 13.9 Å². The summed E-state index contributed by atoms with van der Waals surface area (Å²) < 4.78 is 18.6. The van der Waals surface area contributed by atoms with E-state index in [1.165, 1.54) is 12.1 Å². The minimum Gasteiger partial charge on any atom is -0.497 e. The minimum atomic E-state index is -0.836. The summed E-state index contributed by atoms with van der Waals surface area (Å²) in [6, 6.07) is 11.7. The number of methoxy groups -OCH3 is 1. The molecule has 0 saturated heterocycles. The molecule has 3 nitrogen and oxygen atoms in total. The van der Waals surface area contributed by atoms with Gasteiger partial charge in [-0.15, -0.1) is 0 Å². The number of carbonyl (C=O) groups is 1. The average molecular weight is 299 g/mol. The van der Waals surface area contributed by atoms with Gasteiger partial charge in [0, 0.05) is 5.69 Å². The largest absolute Gasteiger partial charge is 0.497 e. The van der Waals surface area contributed by atoms with E-state index >= 15 is 0 Å². The van der Waals surface area contributed by atoms with E-state index in [-0.39, 0.29) is 17.6 Å². The predicted molar refractivity (Wildman–Crippen MR) is 83.6 cm³/mol. The van der Waals surface area contributed by atoms with E-state index in [0.717, 1.165) is 16.8 Å². The Labute approximate surface area is 129 Å². The van der Waals surface area contributed by atoms with Crippen LogP contribution in [0.4, 0.5) is 10.1 Å². The van der Waals surface area contributed by atoms with Gasteiger partial charge >= 0.3 is 0 Å². The number of rotatable bonds is 3. The number of halogens is 1. The quantitative estimate of drug-likeness (QED) is 0.938. The third kappa shape index (κ3) is 1.90. The number of amides is 1. The molecule has 0 saturated carbocycles. The van der Waals surface area contributed by atoms with Crippen LogP contribution < -0.4 is 10.1 Å². The summed E-state index contributed by atoms with van der Waals surface area (Å²) in [5.41, 5.74) is 1.60. The molecule has 1 heterocycles. The Morgan fingerprint density at radius 2 is 1.82 bits per heavy atom. The Kier molecular flexibility index (Phi) is 3.39. The van der Waals surface area contributed by atoms with Gasteiger partial charge in [0.15, 0.2) is 0 Å². The second-order valence-electron chi connectivity index (χ2n) is 5.84. The lowest BCUT2D eigenvalue weighted by Gasteiger charge is -2.32. The third-order valence-corrected chi connectivity index (χ3v) is 4.42. The summed E-state index contributed by atoms with van der Waals surface area (Å²) in [7, 11) is 1.60. The first kappa shape index (κ1) is 14.6. The second kappa shape index (κ2) is 5.13. The smallest absolute Gasteiger partial charge is 0.239 e. The summed E-state index contributed by atoms with van der Waals surface area (Å²) in [6.45, 7) is 4.00. The number of anilines is 1. The van der Waals surface area contributed by atoms with Crippen LogP contribution in [0.5, 0.6) is 5.75 Å². The van der Waals surface area contributed by atoms with Crippen LogP contribution in [0.25, 0.3) is 0 Å². The molecule has 1 unspecified atom stereocenters.